The minimum Gasteiger partial charge on any atom is -0.261 e. The molecule has 0 aromatic heterocycles. The summed E-state index contributed by atoms with van der Waals surface area (Å²) in [6.07, 6.45) is 3.82. The Hall–Kier alpha value is -1.18. The SMILES string of the molecule is CCC/C=N/c1cccc(F)c1. The smallest absolute Gasteiger partial charge is 0.125 e. The van der Waals surface area contributed by atoms with Gasteiger partial charge in [-0.3, -0.25) is 4.99 Å². The average molecular weight is 165 g/mol. The highest BCUT2D eigenvalue weighted by Crippen LogP contribution is 2.12. The molecule has 12 heavy (non-hydrogen) atoms. The van der Waals surface area contributed by atoms with Crippen molar-refractivity contribution in [3.05, 3.63) is 30.1 Å². The molecule has 0 saturated carbocycles. The molecular formula is C10H12FN. The monoisotopic (exact) mass is 165 g/mol. The van der Waals surface area contributed by atoms with Crippen LogP contribution in [0.1, 0.15) is 19.8 Å². The summed E-state index contributed by atoms with van der Waals surface area (Å²) in [5, 5.41) is 0. The Balaban J connectivity index is 2.63. The van der Waals surface area contributed by atoms with Crippen molar-refractivity contribution in [2.24, 2.45) is 4.99 Å². The molecule has 1 aromatic rings. The molecule has 0 fully saturated rings. The molecule has 0 aliphatic rings. The van der Waals surface area contributed by atoms with Crippen molar-refractivity contribution in [3.63, 3.8) is 0 Å². The van der Waals surface area contributed by atoms with E-state index in [0.29, 0.717) is 5.69 Å². The van der Waals surface area contributed by atoms with Crippen LogP contribution in [-0.2, 0) is 0 Å². The highest BCUT2D eigenvalue weighted by molar-refractivity contribution is 5.62. The zero-order chi connectivity index (χ0) is 8.81. The molecule has 0 amide bonds. The van der Waals surface area contributed by atoms with E-state index in [2.05, 4.69) is 11.9 Å². The number of rotatable bonds is 3. The molecule has 0 heterocycles. The highest BCUT2D eigenvalue weighted by Gasteiger charge is 1.89. The number of benzene rings is 1. The Morgan fingerprint density at radius 1 is 1.50 bits per heavy atom. The van der Waals surface area contributed by atoms with E-state index in [9.17, 15) is 4.39 Å². The molecule has 0 saturated heterocycles. The van der Waals surface area contributed by atoms with E-state index in [4.69, 9.17) is 0 Å². The van der Waals surface area contributed by atoms with Gasteiger partial charge in [0.1, 0.15) is 5.82 Å². The van der Waals surface area contributed by atoms with Crippen LogP contribution >= 0.6 is 0 Å². The molecule has 0 aliphatic heterocycles. The molecule has 0 radical (unpaired) electrons. The zero-order valence-electron chi connectivity index (χ0n) is 7.13. The van der Waals surface area contributed by atoms with Crippen LogP contribution in [0, 0.1) is 5.82 Å². The maximum absolute atomic E-state index is 12.6. The maximum Gasteiger partial charge on any atom is 0.125 e. The third-order valence-corrected chi connectivity index (χ3v) is 1.47. The Morgan fingerprint density at radius 3 is 3.00 bits per heavy atom. The first-order chi connectivity index (χ1) is 5.83. The third kappa shape index (κ3) is 2.82. The molecule has 0 N–H and O–H groups in total. The Kier molecular flexibility index (Phi) is 3.45. The second-order valence-electron chi connectivity index (χ2n) is 2.58. The average Bonchev–Trinajstić information content (AvgIpc) is 2.05. The number of nitrogens with zero attached hydrogens (tertiary/aromatic N) is 1. The van der Waals surface area contributed by atoms with Gasteiger partial charge < -0.3 is 0 Å². The first-order valence-electron chi connectivity index (χ1n) is 4.11. The van der Waals surface area contributed by atoms with Gasteiger partial charge in [0.2, 0.25) is 0 Å². The lowest BCUT2D eigenvalue weighted by Gasteiger charge is -1.92. The van der Waals surface area contributed by atoms with Crippen molar-refractivity contribution in [3.8, 4) is 0 Å². The highest BCUT2D eigenvalue weighted by atomic mass is 19.1. The van der Waals surface area contributed by atoms with Crippen LogP contribution in [0.2, 0.25) is 0 Å². The van der Waals surface area contributed by atoms with Crippen LogP contribution in [-0.4, -0.2) is 6.21 Å². The van der Waals surface area contributed by atoms with Crippen LogP contribution in [0.4, 0.5) is 10.1 Å². The predicted octanol–water partition coefficient (Wildman–Crippen LogP) is 3.33. The minimum atomic E-state index is -0.235. The van der Waals surface area contributed by atoms with Gasteiger partial charge in [-0.25, -0.2) is 4.39 Å². The number of aliphatic imine (C=N–C) groups is 1. The molecule has 64 valence electrons. The summed E-state index contributed by atoms with van der Waals surface area (Å²) in [5.74, 6) is -0.235. The fraction of sp³-hybridized carbons (Fsp3) is 0.300. The molecule has 0 bridgehead atoms. The maximum atomic E-state index is 12.6. The van der Waals surface area contributed by atoms with Crippen LogP contribution in [0.3, 0.4) is 0 Å². The lowest BCUT2D eigenvalue weighted by atomic mass is 10.3. The van der Waals surface area contributed by atoms with Gasteiger partial charge in [0.05, 0.1) is 5.69 Å². The van der Waals surface area contributed by atoms with Crippen molar-refractivity contribution >= 4 is 11.9 Å². The summed E-state index contributed by atoms with van der Waals surface area (Å²) in [7, 11) is 0. The van der Waals surface area contributed by atoms with Gasteiger partial charge in [0.15, 0.2) is 0 Å². The quantitative estimate of drug-likeness (QED) is 0.609. The molecular weight excluding hydrogens is 153 g/mol. The Bertz CT molecular complexity index is 268. The van der Waals surface area contributed by atoms with Crippen LogP contribution in [0.25, 0.3) is 0 Å². The summed E-state index contributed by atoms with van der Waals surface area (Å²) in [5.41, 5.74) is 0.684. The number of halogens is 1. The van der Waals surface area contributed by atoms with Crippen molar-refractivity contribution in [1.82, 2.24) is 0 Å². The van der Waals surface area contributed by atoms with Crippen molar-refractivity contribution in [2.75, 3.05) is 0 Å². The van der Waals surface area contributed by atoms with E-state index >= 15 is 0 Å². The molecule has 1 aromatic carbocycles. The number of hydrogen-bond acceptors (Lipinski definition) is 1. The van der Waals surface area contributed by atoms with Crippen molar-refractivity contribution in [2.45, 2.75) is 19.8 Å². The molecule has 0 unspecified atom stereocenters. The zero-order valence-corrected chi connectivity index (χ0v) is 7.13. The lowest BCUT2D eigenvalue weighted by Crippen LogP contribution is -1.74. The van der Waals surface area contributed by atoms with Gasteiger partial charge in [-0.2, -0.15) is 0 Å². The summed E-state index contributed by atoms with van der Waals surface area (Å²) < 4.78 is 12.6. The summed E-state index contributed by atoms with van der Waals surface area (Å²) in [6.45, 7) is 2.08. The fourth-order valence-corrected chi connectivity index (χ4v) is 0.855. The lowest BCUT2D eigenvalue weighted by molar-refractivity contribution is 0.628. The van der Waals surface area contributed by atoms with Crippen LogP contribution in [0.5, 0.6) is 0 Å². The van der Waals surface area contributed by atoms with Gasteiger partial charge in [-0.1, -0.05) is 19.4 Å². The topological polar surface area (TPSA) is 12.4 Å². The van der Waals surface area contributed by atoms with Gasteiger partial charge in [0.25, 0.3) is 0 Å². The third-order valence-electron chi connectivity index (χ3n) is 1.47. The van der Waals surface area contributed by atoms with E-state index < -0.39 is 0 Å². The standard InChI is InChI=1S/C10H12FN/c1-2-3-7-12-10-6-4-5-9(11)8-10/h4-8H,2-3H2,1H3/b12-7+. The summed E-state index contributed by atoms with van der Waals surface area (Å²) >= 11 is 0. The van der Waals surface area contributed by atoms with Crippen LogP contribution in [0.15, 0.2) is 29.3 Å². The second kappa shape index (κ2) is 4.65. The van der Waals surface area contributed by atoms with E-state index in [1.165, 1.54) is 12.1 Å². The minimum absolute atomic E-state index is 0.235. The molecule has 1 nitrogen and oxygen atoms in total. The predicted molar refractivity (Wildman–Crippen MR) is 49.5 cm³/mol. The fourth-order valence-electron chi connectivity index (χ4n) is 0.855. The van der Waals surface area contributed by atoms with Crippen molar-refractivity contribution < 1.29 is 4.39 Å². The molecule has 0 atom stereocenters. The summed E-state index contributed by atoms with van der Waals surface area (Å²) in [6, 6.07) is 6.29. The second-order valence-corrected chi connectivity index (χ2v) is 2.58. The first kappa shape index (κ1) is 8.91. The largest absolute Gasteiger partial charge is 0.261 e. The molecule has 0 spiro atoms. The van der Waals surface area contributed by atoms with E-state index in [1.54, 1.807) is 12.1 Å². The first-order valence-corrected chi connectivity index (χ1v) is 4.11. The number of hydrogen-bond donors (Lipinski definition) is 0. The Morgan fingerprint density at radius 2 is 2.33 bits per heavy atom. The van der Waals surface area contributed by atoms with E-state index in [-0.39, 0.29) is 5.82 Å². The normalized spacial score (nSPS) is 10.8. The molecule has 1 rings (SSSR count). The molecule has 2 heteroatoms. The van der Waals surface area contributed by atoms with E-state index in [1.807, 2.05) is 6.21 Å². The van der Waals surface area contributed by atoms with E-state index in [0.717, 1.165) is 12.8 Å². The van der Waals surface area contributed by atoms with Gasteiger partial charge in [-0.05, 0) is 24.6 Å². The summed E-state index contributed by atoms with van der Waals surface area (Å²) in [4.78, 5) is 4.09. The van der Waals surface area contributed by atoms with Gasteiger partial charge in [-0.15, -0.1) is 0 Å². The van der Waals surface area contributed by atoms with Crippen molar-refractivity contribution in [1.29, 1.82) is 0 Å². The number of unbranched alkanes of at least 4 members (excludes halogenated alkanes) is 1. The van der Waals surface area contributed by atoms with Crippen LogP contribution < -0.4 is 0 Å². The Labute approximate surface area is 72.0 Å². The van der Waals surface area contributed by atoms with Gasteiger partial charge >= 0.3 is 0 Å². The molecule has 0 aliphatic carbocycles. The van der Waals surface area contributed by atoms with Gasteiger partial charge in [0, 0.05) is 6.21 Å².